The van der Waals surface area contributed by atoms with E-state index in [9.17, 15) is 29.1 Å². The van der Waals surface area contributed by atoms with Gasteiger partial charge in [0.1, 0.15) is 19.8 Å². The molecule has 0 radical (unpaired) electrons. The molecule has 1 atom stereocenters. The largest absolute Gasteiger partial charge is 0.465 e. The van der Waals surface area contributed by atoms with Gasteiger partial charge in [-0.15, -0.1) is 0 Å². The molecule has 1 aliphatic carbocycles. The first-order chi connectivity index (χ1) is 27.7. The van der Waals surface area contributed by atoms with E-state index >= 15 is 0 Å². The SMILES string of the molecule is CCCCCCCC(=O)OCC(CCCC(=O)OCC(COC(=O)CCCCCC)COC(=O)CCCCN(CCO)C1CCC1)COC(=O)CCCCCCC. The molecule has 0 aromatic carbocycles. The summed E-state index contributed by atoms with van der Waals surface area (Å²) in [6, 6.07) is 0.530. The summed E-state index contributed by atoms with van der Waals surface area (Å²) in [4.78, 5) is 65.0. The number of nitrogens with zero attached hydrogens (tertiary/aromatic N) is 1. The highest BCUT2D eigenvalue weighted by molar-refractivity contribution is 5.71. The lowest BCUT2D eigenvalue weighted by molar-refractivity contribution is -0.155. The van der Waals surface area contributed by atoms with Gasteiger partial charge in [0.2, 0.25) is 0 Å². The number of unbranched alkanes of at least 4 members (excludes halogenated alkanes) is 12. The van der Waals surface area contributed by atoms with Crippen molar-refractivity contribution in [3.63, 3.8) is 0 Å². The standard InChI is InChI=1S/C45H81NO11/c1-4-7-10-13-16-26-41(48)53-33-38(34-54-42(49)27-17-14-11-8-5-2)22-20-29-45(52)57-37-39(35-55-43(50)25-15-12-9-6-3)36-56-44(51)28-18-19-30-46(31-32-47)40-23-21-24-40/h38-40,47H,4-37H2,1-3H3. The van der Waals surface area contributed by atoms with Crippen LogP contribution < -0.4 is 0 Å². The maximum absolute atomic E-state index is 12.8. The van der Waals surface area contributed by atoms with E-state index < -0.39 is 11.9 Å². The number of ether oxygens (including phenoxy) is 5. The molecule has 0 aromatic heterocycles. The molecule has 1 fully saturated rings. The number of hydrogen-bond donors (Lipinski definition) is 1. The van der Waals surface area contributed by atoms with Crippen molar-refractivity contribution >= 4 is 29.8 Å². The molecule has 0 spiro atoms. The highest BCUT2D eigenvalue weighted by Gasteiger charge is 2.24. The fourth-order valence-corrected chi connectivity index (χ4v) is 6.69. The first-order valence-electron chi connectivity index (χ1n) is 22.8. The molecule has 57 heavy (non-hydrogen) atoms. The van der Waals surface area contributed by atoms with Gasteiger partial charge in [0.25, 0.3) is 0 Å². The van der Waals surface area contributed by atoms with Gasteiger partial charge in [0, 0.05) is 50.6 Å². The van der Waals surface area contributed by atoms with Crippen molar-refractivity contribution in [2.45, 2.75) is 194 Å². The Hall–Kier alpha value is -2.73. The Morgan fingerprint density at radius 1 is 0.474 bits per heavy atom. The molecular weight excluding hydrogens is 730 g/mol. The summed E-state index contributed by atoms with van der Waals surface area (Å²) in [5.74, 6) is -2.40. The van der Waals surface area contributed by atoms with E-state index in [2.05, 4.69) is 25.7 Å². The fraction of sp³-hybridized carbons (Fsp3) is 0.889. The van der Waals surface area contributed by atoms with E-state index in [4.69, 9.17) is 23.7 Å². The Bertz CT molecular complexity index is 1020. The van der Waals surface area contributed by atoms with Crippen molar-refractivity contribution in [1.82, 2.24) is 4.90 Å². The Labute approximate surface area is 345 Å². The summed E-state index contributed by atoms with van der Waals surface area (Å²) in [6.45, 7) is 8.11. The lowest BCUT2D eigenvalue weighted by Crippen LogP contribution is -2.42. The molecule has 0 saturated heterocycles. The van der Waals surface area contributed by atoms with Crippen LogP contribution in [-0.2, 0) is 47.7 Å². The predicted molar refractivity (Wildman–Crippen MR) is 221 cm³/mol. The minimum Gasteiger partial charge on any atom is -0.465 e. The number of rotatable bonds is 39. The minimum absolute atomic E-state index is 0.0271. The van der Waals surface area contributed by atoms with Crippen LogP contribution in [0.15, 0.2) is 0 Å². The molecule has 0 aliphatic heterocycles. The number of aliphatic hydroxyl groups excluding tert-OH is 1. The van der Waals surface area contributed by atoms with Gasteiger partial charge in [-0.2, -0.15) is 0 Å². The molecule has 332 valence electrons. The van der Waals surface area contributed by atoms with Crippen LogP contribution in [0, 0.1) is 11.8 Å². The second-order valence-electron chi connectivity index (χ2n) is 16.0. The van der Waals surface area contributed by atoms with E-state index in [1.165, 1.54) is 6.42 Å². The van der Waals surface area contributed by atoms with Crippen molar-refractivity contribution < 1.29 is 52.8 Å². The molecule has 12 heteroatoms. The van der Waals surface area contributed by atoms with Gasteiger partial charge in [0.15, 0.2) is 0 Å². The summed E-state index contributed by atoms with van der Waals surface area (Å²) in [5, 5.41) is 9.40. The number of carbonyl (C=O) groups excluding carboxylic acids is 5. The topological polar surface area (TPSA) is 155 Å². The molecular formula is C45H81NO11. The van der Waals surface area contributed by atoms with Crippen LogP contribution >= 0.6 is 0 Å². The summed E-state index contributed by atoms with van der Waals surface area (Å²) >= 11 is 0. The summed E-state index contributed by atoms with van der Waals surface area (Å²) in [7, 11) is 0. The lowest BCUT2D eigenvalue weighted by atomic mass is 9.91. The highest BCUT2D eigenvalue weighted by atomic mass is 16.6. The van der Waals surface area contributed by atoms with Crippen molar-refractivity contribution in [1.29, 1.82) is 0 Å². The first kappa shape index (κ1) is 52.3. The molecule has 1 aliphatic rings. The fourth-order valence-electron chi connectivity index (χ4n) is 6.69. The minimum atomic E-state index is -0.508. The number of carbonyl (C=O) groups is 5. The molecule has 0 aromatic rings. The molecule has 1 rings (SSSR count). The van der Waals surface area contributed by atoms with Crippen LogP contribution in [0.25, 0.3) is 0 Å². The van der Waals surface area contributed by atoms with Gasteiger partial charge in [0.05, 0.1) is 25.7 Å². The third-order valence-corrected chi connectivity index (χ3v) is 10.7. The van der Waals surface area contributed by atoms with Crippen molar-refractivity contribution in [3.05, 3.63) is 0 Å². The molecule has 1 N–H and O–H groups in total. The van der Waals surface area contributed by atoms with Crippen LogP contribution in [0.4, 0.5) is 0 Å². The first-order valence-corrected chi connectivity index (χ1v) is 22.8. The Morgan fingerprint density at radius 3 is 1.19 bits per heavy atom. The molecule has 0 heterocycles. The molecule has 0 amide bonds. The van der Waals surface area contributed by atoms with Gasteiger partial charge in [-0.1, -0.05) is 97.8 Å². The second kappa shape index (κ2) is 36.4. The number of hydrogen-bond acceptors (Lipinski definition) is 12. The molecule has 0 bridgehead atoms. The van der Waals surface area contributed by atoms with Crippen LogP contribution in [0.1, 0.15) is 188 Å². The Balaban J connectivity index is 2.62. The zero-order valence-corrected chi connectivity index (χ0v) is 36.3. The Morgan fingerprint density at radius 2 is 0.825 bits per heavy atom. The van der Waals surface area contributed by atoms with Crippen LogP contribution in [-0.4, -0.2) is 98.6 Å². The van der Waals surface area contributed by atoms with Gasteiger partial charge in [-0.05, 0) is 64.3 Å². The normalized spacial score (nSPS) is 13.3. The average Bonchev–Trinajstić information content (AvgIpc) is 3.17. The van der Waals surface area contributed by atoms with E-state index in [0.29, 0.717) is 51.1 Å². The van der Waals surface area contributed by atoms with E-state index in [1.54, 1.807) is 0 Å². The molecule has 1 saturated carbocycles. The zero-order chi connectivity index (χ0) is 41.8. The van der Waals surface area contributed by atoms with Crippen molar-refractivity contribution in [2.75, 3.05) is 52.7 Å². The van der Waals surface area contributed by atoms with Crippen LogP contribution in [0.5, 0.6) is 0 Å². The second-order valence-corrected chi connectivity index (χ2v) is 16.0. The van der Waals surface area contributed by atoms with Gasteiger partial charge in [-0.3, -0.25) is 28.9 Å². The van der Waals surface area contributed by atoms with E-state index in [-0.39, 0.29) is 82.3 Å². The molecule has 12 nitrogen and oxygen atoms in total. The van der Waals surface area contributed by atoms with Crippen LogP contribution in [0.2, 0.25) is 0 Å². The van der Waals surface area contributed by atoms with E-state index in [0.717, 1.165) is 116 Å². The smallest absolute Gasteiger partial charge is 0.305 e. The Kier molecular flexibility index (Phi) is 33.4. The number of aliphatic hydroxyl groups is 1. The quantitative estimate of drug-likeness (QED) is 0.0358. The maximum Gasteiger partial charge on any atom is 0.305 e. The van der Waals surface area contributed by atoms with Gasteiger partial charge >= 0.3 is 29.8 Å². The summed E-state index contributed by atoms with van der Waals surface area (Å²) in [6.07, 6.45) is 21.5. The monoisotopic (exact) mass is 812 g/mol. The average molecular weight is 812 g/mol. The predicted octanol–water partition coefficient (Wildman–Crippen LogP) is 8.81. The van der Waals surface area contributed by atoms with Gasteiger partial charge in [-0.25, -0.2) is 0 Å². The van der Waals surface area contributed by atoms with Crippen molar-refractivity contribution in [3.8, 4) is 0 Å². The van der Waals surface area contributed by atoms with Gasteiger partial charge < -0.3 is 28.8 Å². The van der Waals surface area contributed by atoms with E-state index in [1.807, 2.05) is 0 Å². The maximum atomic E-state index is 12.8. The highest BCUT2D eigenvalue weighted by Crippen LogP contribution is 2.25. The molecule has 1 unspecified atom stereocenters. The zero-order valence-electron chi connectivity index (χ0n) is 36.3. The van der Waals surface area contributed by atoms with Crippen LogP contribution in [0.3, 0.4) is 0 Å². The van der Waals surface area contributed by atoms with Crippen molar-refractivity contribution in [2.24, 2.45) is 11.8 Å². The summed E-state index contributed by atoms with van der Waals surface area (Å²) in [5.41, 5.74) is 0. The number of esters is 5. The summed E-state index contributed by atoms with van der Waals surface area (Å²) < 4.78 is 27.7. The third kappa shape index (κ3) is 30.0. The third-order valence-electron chi connectivity index (χ3n) is 10.7. The lowest BCUT2D eigenvalue weighted by Gasteiger charge is -2.37.